The molecule has 0 aromatic rings. The monoisotopic (exact) mass is 280 g/mol. The third kappa shape index (κ3) is 3.67. The highest BCUT2D eigenvalue weighted by atomic mass is 32.2. The maximum Gasteiger partial charge on any atom is 0.323 e. The molecule has 1 aliphatic rings. The van der Waals surface area contributed by atoms with E-state index in [1.54, 1.807) is 0 Å². The van der Waals surface area contributed by atoms with E-state index in [0.717, 1.165) is 6.42 Å². The van der Waals surface area contributed by atoms with Crippen molar-refractivity contribution in [3.8, 4) is 0 Å². The lowest BCUT2D eigenvalue weighted by atomic mass is 9.74. The van der Waals surface area contributed by atoms with Crippen LogP contribution in [0.15, 0.2) is 0 Å². The Bertz CT molecular complexity index is 420. The van der Waals surface area contributed by atoms with Gasteiger partial charge in [-0.1, -0.05) is 19.3 Å². The second kappa shape index (κ2) is 5.66. The zero-order chi connectivity index (χ0) is 13.8. The lowest BCUT2D eigenvalue weighted by Gasteiger charge is -2.30. The van der Waals surface area contributed by atoms with Crippen molar-refractivity contribution in [2.45, 2.75) is 32.1 Å². The van der Waals surface area contributed by atoms with E-state index in [1.807, 2.05) is 0 Å². The topological polar surface area (TPSA) is 118 Å². The predicted octanol–water partition coefficient (Wildman–Crippen LogP) is 0.452. The van der Waals surface area contributed by atoms with Crippen LogP contribution in [-0.2, 0) is 24.4 Å². The first kappa shape index (κ1) is 14.9. The number of hydrogen-bond donors (Lipinski definition) is 2. The molecule has 1 fully saturated rings. The van der Waals surface area contributed by atoms with E-state index in [4.69, 9.17) is 9.66 Å². The number of hydrogen-bond acceptors (Lipinski definition) is 5. The molecule has 1 saturated carbocycles. The molecule has 0 aromatic carbocycles. The molecule has 0 aliphatic heterocycles. The summed E-state index contributed by atoms with van der Waals surface area (Å²) in [5.74, 6) is -2.88. The Kier molecular flexibility index (Phi) is 4.69. The first-order valence-corrected chi connectivity index (χ1v) is 7.25. The lowest BCUT2D eigenvalue weighted by molar-refractivity contribution is -0.171. The van der Waals surface area contributed by atoms with E-state index in [1.165, 1.54) is 0 Å². The van der Waals surface area contributed by atoms with E-state index in [9.17, 15) is 18.0 Å². The van der Waals surface area contributed by atoms with Crippen LogP contribution in [0.1, 0.15) is 32.1 Å². The predicted molar refractivity (Wildman–Crippen MR) is 60.5 cm³/mol. The summed E-state index contributed by atoms with van der Waals surface area (Å²) in [6.45, 7) is -0.535. The van der Waals surface area contributed by atoms with E-state index >= 15 is 0 Å². The van der Waals surface area contributed by atoms with Crippen molar-refractivity contribution in [2.24, 2.45) is 5.41 Å². The fourth-order valence-corrected chi connectivity index (χ4v) is 2.33. The second-order valence-electron chi connectivity index (χ2n) is 4.37. The first-order valence-electron chi connectivity index (χ1n) is 5.64. The summed E-state index contributed by atoms with van der Waals surface area (Å²) in [5.41, 5.74) is -1.56. The van der Waals surface area contributed by atoms with Gasteiger partial charge in [0.1, 0.15) is 12.4 Å². The molecule has 0 atom stereocenters. The number of carboxylic acid groups (broad SMARTS) is 1. The number of aliphatic carboxylic acids is 1. The molecule has 0 bridgehead atoms. The summed E-state index contributed by atoms with van der Waals surface area (Å²) in [5, 5.41) is 9.15. The van der Waals surface area contributed by atoms with Crippen LogP contribution in [0.25, 0.3) is 0 Å². The van der Waals surface area contributed by atoms with Gasteiger partial charge in [-0.3, -0.25) is 14.1 Å². The highest BCUT2D eigenvalue weighted by Gasteiger charge is 2.48. The Morgan fingerprint density at radius 3 is 2.17 bits per heavy atom. The minimum Gasteiger partial charge on any atom is -0.480 e. The van der Waals surface area contributed by atoms with Crippen molar-refractivity contribution in [3.05, 3.63) is 0 Å². The quantitative estimate of drug-likeness (QED) is 0.426. The van der Waals surface area contributed by atoms with Gasteiger partial charge in [0.25, 0.3) is 10.1 Å². The molecule has 0 saturated heterocycles. The third-order valence-corrected chi connectivity index (χ3v) is 3.76. The van der Waals surface area contributed by atoms with Crippen LogP contribution >= 0.6 is 0 Å². The molecule has 1 aliphatic carbocycles. The van der Waals surface area contributed by atoms with Gasteiger partial charge in [-0.05, 0) is 12.8 Å². The van der Waals surface area contributed by atoms with Crippen LogP contribution < -0.4 is 0 Å². The third-order valence-electron chi connectivity index (χ3n) is 3.08. The highest BCUT2D eigenvalue weighted by molar-refractivity contribution is 7.85. The summed E-state index contributed by atoms with van der Waals surface area (Å²) in [6, 6.07) is 0. The van der Waals surface area contributed by atoms with Crippen molar-refractivity contribution in [2.75, 3.05) is 12.4 Å². The van der Waals surface area contributed by atoms with Crippen molar-refractivity contribution >= 4 is 22.1 Å². The standard InChI is InChI=1S/C10H16O7S/c11-8(12)10(4-2-1-3-5-10)9(13)17-6-7-18(14,15)16/h1-7H2,(H,11,12)(H,14,15,16). The number of carbonyl (C=O) groups is 2. The van der Waals surface area contributed by atoms with Crippen molar-refractivity contribution < 1.29 is 32.4 Å². The molecular formula is C10H16O7S. The largest absolute Gasteiger partial charge is 0.480 e. The Hall–Kier alpha value is -1.15. The summed E-state index contributed by atoms with van der Waals surface area (Å²) in [7, 11) is -4.22. The number of esters is 1. The van der Waals surface area contributed by atoms with E-state index in [0.29, 0.717) is 12.8 Å². The van der Waals surface area contributed by atoms with Crippen LogP contribution in [-0.4, -0.2) is 42.4 Å². The molecule has 0 heterocycles. The number of carbonyl (C=O) groups excluding carboxylic acids is 1. The number of rotatable bonds is 5. The maximum atomic E-state index is 11.8. The van der Waals surface area contributed by atoms with Gasteiger partial charge >= 0.3 is 11.9 Å². The van der Waals surface area contributed by atoms with Gasteiger partial charge in [0, 0.05) is 0 Å². The minimum absolute atomic E-state index is 0.201. The fraction of sp³-hybridized carbons (Fsp3) is 0.800. The summed E-state index contributed by atoms with van der Waals surface area (Å²) < 4.78 is 34.0. The summed E-state index contributed by atoms with van der Waals surface area (Å²) in [6.07, 6.45) is 2.52. The Labute approximate surface area is 105 Å². The molecule has 0 spiro atoms. The molecule has 2 N–H and O–H groups in total. The van der Waals surface area contributed by atoms with Crippen LogP contribution in [0, 0.1) is 5.41 Å². The molecule has 18 heavy (non-hydrogen) atoms. The van der Waals surface area contributed by atoms with Crippen molar-refractivity contribution in [3.63, 3.8) is 0 Å². The smallest absolute Gasteiger partial charge is 0.323 e. The summed E-state index contributed by atoms with van der Waals surface area (Å²) in [4.78, 5) is 23.0. The molecule has 7 nitrogen and oxygen atoms in total. The zero-order valence-electron chi connectivity index (χ0n) is 9.79. The number of ether oxygens (including phenoxy) is 1. The first-order chi connectivity index (χ1) is 8.28. The molecule has 8 heteroatoms. The Morgan fingerprint density at radius 2 is 1.72 bits per heavy atom. The molecule has 0 unspecified atom stereocenters. The van der Waals surface area contributed by atoms with Gasteiger partial charge in [0.15, 0.2) is 5.41 Å². The average molecular weight is 280 g/mol. The highest BCUT2D eigenvalue weighted by Crippen LogP contribution is 2.37. The van der Waals surface area contributed by atoms with E-state index in [-0.39, 0.29) is 12.8 Å². The summed E-state index contributed by atoms with van der Waals surface area (Å²) >= 11 is 0. The molecule has 0 aromatic heterocycles. The van der Waals surface area contributed by atoms with Crippen molar-refractivity contribution in [1.82, 2.24) is 0 Å². The van der Waals surface area contributed by atoms with Gasteiger partial charge in [0.2, 0.25) is 0 Å². The SMILES string of the molecule is O=C(O)C1(C(=O)OCCS(=O)(=O)O)CCCCC1. The molecule has 0 amide bonds. The van der Waals surface area contributed by atoms with E-state index < -0.39 is 39.8 Å². The van der Waals surface area contributed by atoms with E-state index in [2.05, 4.69) is 4.74 Å². The maximum absolute atomic E-state index is 11.8. The minimum atomic E-state index is -4.22. The zero-order valence-corrected chi connectivity index (χ0v) is 10.6. The number of carboxylic acids is 1. The second-order valence-corrected chi connectivity index (χ2v) is 5.94. The van der Waals surface area contributed by atoms with Crippen LogP contribution in [0.3, 0.4) is 0 Å². The average Bonchev–Trinajstić information content (AvgIpc) is 2.27. The molecular weight excluding hydrogens is 264 g/mol. The fourth-order valence-electron chi connectivity index (χ4n) is 2.04. The molecule has 1 rings (SSSR count). The van der Waals surface area contributed by atoms with Crippen molar-refractivity contribution in [1.29, 1.82) is 0 Å². The van der Waals surface area contributed by atoms with Crippen LogP contribution in [0.2, 0.25) is 0 Å². The van der Waals surface area contributed by atoms with Crippen LogP contribution in [0.4, 0.5) is 0 Å². The van der Waals surface area contributed by atoms with Crippen LogP contribution in [0.5, 0.6) is 0 Å². The molecule has 0 radical (unpaired) electrons. The van der Waals surface area contributed by atoms with Gasteiger partial charge in [-0.25, -0.2) is 0 Å². The Balaban J connectivity index is 2.64. The lowest BCUT2D eigenvalue weighted by Crippen LogP contribution is -2.42. The van der Waals surface area contributed by atoms with Gasteiger partial charge in [-0.15, -0.1) is 0 Å². The van der Waals surface area contributed by atoms with Gasteiger partial charge in [-0.2, -0.15) is 8.42 Å². The van der Waals surface area contributed by atoms with Gasteiger partial charge < -0.3 is 9.84 Å². The normalized spacial score (nSPS) is 19.2. The Morgan fingerprint density at radius 1 is 1.17 bits per heavy atom. The van der Waals surface area contributed by atoms with Gasteiger partial charge in [0.05, 0.1) is 0 Å². The molecule has 104 valence electrons.